The van der Waals surface area contributed by atoms with E-state index in [-0.39, 0.29) is 17.9 Å². The van der Waals surface area contributed by atoms with Crippen molar-refractivity contribution in [2.24, 2.45) is 0 Å². The van der Waals surface area contributed by atoms with E-state index in [2.05, 4.69) is 22.2 Å². The van der Waals surface area contributed by atoms with Crippen molar-refractivity contribution in [3.05, 3.63) is 89.4 Å². The molecule has 0 bridgehead atoms. The summed E-state index contributed by atoms with van der Waals surface area (Å²) in [6.07, 6.45) is 5.69. The summed E-state index contributed by atoms with van der Waals surface area (Å²) in [6, 6.07) is 13.9. The third-order valence-electron chi connectivity index (χ3n) is 7.74. The lowest BCUT2D eigenvalue weighted by atomic mass is 9.90. The Morgan fingerprint density at radius 2 is 1.79 bits per heavy atom. The molecule has 0 amide bonds. The quantitative estimate of drug-likeness (QED) is 0.229. The Bertz CT molecular complexity index is 1710. The second-order valence-electron chi connectivity index (χ2n) is 10.7. The number of anilines is 2. The van der Waals surface area contributed by atoms with Crippen LogP contribution in [-0.2, 0) is 6.54 Å². The van der Waals surface area contributed by atoms with Crippen molar-refractivity contribution in [2.75, 3.05) is 32.1 Å². The maximum absolute atomic E-state index is 15.0. The minimum Gasteiger partial charge on any atom is -0.494 e. The van der Waals surface area contributed by atoms with Crippen LogP contribution >= 0.6 is 0 Å². The zero-order chi connectivity index (χ0) is 29.2. The van der Waals surface area contributed by atoms with Crippen LogP contribution in [0.3, 0.4) is 0 Å². The zero-order valence-corrected chi connectivity index (χ0v) is 23.9. The van der Waals surface area contributed by atoms with Gasteiger partial charge in [0.25, 0.3) is 0 Å². The molecule has 2 aromatic carbocycles. The molecule has 4 heterocycles. The third-order valence-corrected chi connectivity index (χ3v) is 7.74. The lowest BCUT2D eigenvalue weighted by molar-refractivity contribution is 0.255. The first-order chi connectivity index (χ1) is 20.4. The van der Waals surface area contributed by atoms with E-state index in [0.717, 1.165) is 59.6 Å². The molecule has 1 aliphatic heterocycles. The fraction of sp³-hybridized carbons (Fsp3) is 0.312. The van der Waals surface area contributed by atoms with Gasteiger partial charge in [-0.15, -0.1) is 0 Å². The molecule has 0 spiro atoms. The number of benzene rings is 2. The number of likely N-dealkylation sites (tertiary alicyclic amines) is 1. The zero-order valence-electron chi connectivity index (χ0n) is 23.9. The monoisotopic (exact) mass is 569 g/mol. The second-order valence-corrected chi connectivity index (χ2v) is 10.7. The van der Waals surface area contributed by atoms with Gasteiger partial charge < -0.3 is 15.0 Å². The molecule has 1 fully saturated rings. The highest BCUT2D eigenvalue weighted by molar-refractivity contribution is 5.92. The summed E-state index contributed by atoms with van der Waals surface area (Å²) in [7, 11) is 2.14. The van der Waals surface area contributed by atoms with Gasteiger partial charge in [-0.05, 0) is 70.9 Å². The number of piperidine rings is 1. The summed E-state index contributed by atoms with van der Waals surface area (Å²) in [6.45, 7) is 5.95. The van der Waals surface area contributed by atoms with Crippen LogP contribution in [0, 0.1) is 18.6 Å². The third kappa shape index (κ3) is 5.67. The molecule has 10 heteroatoms. The molecule has 42 heavy (non-hydrogen) atoms. The Hall–Kier alpha value is -4.44. The Labute approximate surface area is 243 Å². The van der Waals surface area contributed by atoms with Crippen molar-refractivity contribution in [1.29, 1.82) is 0 Å². The fourth-order valence-electron chi connectivity index (χ4n) is 5.53. The van der Waals surface area contributed by atoms with Crippen molar-refractivity contribution < 1.29 is 13.5 Å². The average Bonchev–Trinajstić information content (AvgIpc) is 3.34. The largest absolute Gasteiger partial charge is 0.494 e. The highest BCUT2D eigenvalue weighted by atomic mass is 19.1. The van der Waals surface area contributed by atoms with Gasteiger partial charge in [0, 0.05) is 52.4 Å². The number of hydrogen-bond acceptors (Lipinski definition) is 7. The predicted molar refractivity (Wildman–Crippen MR) is 159 cm³/mol. The van der Waals surface area contributed by atoms with Crippen molar-refractivity contribution in [2.45, 2.75) is 39.2 Å². The SMILES string of the molecule is CCOc1cc(F)c(Cn2nc(-c3ncc(C4CCN(C)CC4)c(Nc4ccnc(C)c4)n3)c3ccccc32)c(F)c1. The molecule has 0 aliphatic carbocycles. The Morgan fingerprint density at radius 1 is 1.02 bits per heavy atom. The Balaban J connectivity index is 1.41. The number of halogens is 2. The molecule has 0 unspecified atom stereocenters. The van der Waals surface area contributed by atoms with E-state index < -0.39 is 11.6 Å². The number of rotatable bonds is 8. The number of ether oxygens (including phenoxy) is 1. The van der Waals surface area contributed by atoms with Gasteiger partial charge in [0.15, 0.2) is 5.82 Å². The molecule has 1 N–H and O–H groups in total. The van der Waals surface area contributed by atoms with Crippen LogP contribution in [0.2, 0.25) is 0 Å². The standard InChI is InChI=1S/C32H33F2N7O/c1-4-42-23-16-27(33)26(28(34)17-23)19-41-29-8-6-5-7-24(29)30(39-41)32-36-18-25(21-10-13-40(3)14-11-21)31(38-32)37-22-9-12-35-20(2)15-22/h5-9,12,15-18,21H,4,10-11,13-14,19H2,1-3H3,(H,35,36,37,38). The summed E-state index contributed by atoms with van der Waals surface area (Å²) in [5.74, 6) is 0.269. The number of fused-ring (bicyclic) bond motifs is 1. The molecule has 1 saturated heterocycles. The van der Waals surface area contributed by atoms with E-state index in [9.17, 15) is 8.78 Å². The molecule has 6 rings (SSSR count). The molecule has 3 aromatic heterocycles. The molecule has 0 radical (unpaired) electrons. The van der Waals surface area contributed by atoms with E-state index >= 15 is 0 Å². The topological polar surface area (TPSA) is 81.0 Å². The minimum absolute atomic E-state index is 0.0906. The number of nitrogens with one attached hydrogen (secondary N) is 1. The van der Waals surface area contributed by atoms with Gasteiger partial charge in [-0.25, -0.2) is 18.7 Å². The Morgan fingerprint density at radius 3 is 2.52 bits per heavy atom. The van der Waals surface area contributed by atoms with Crippen LogP contribution in [0.5, 0.6) is 5.75 Å². The van der Waals surface area contributed by atoms with Gasteiger partial charge >= 0.3 is 0 Å². The number of hydrogen-bond donors (Lipinski definition) is 1. The van der Waals surface area contributed by atoms with E-state index in [1.807, 2.05) is 49.5 Å². The second kappa shape index (κ2) is 11.8. The number of aromatic nitrogens is 5. The Kier molecular flexibility index (Phi) is 7.80. The van der Waals surface area contributed by atoms with E-state index in [1.54, 1.807) is 17.8 Å². The van der Waals surface area contributed by atoms with Crippen molar-refractivity contribution in [1.82, 2.24) is 29.6 Å². The van der Waals surface area contributed by atoms with Gasteiger partial charge in [0.2, 0.25) is 0 Å². The maximum Gasteiger partial charge on any atom is 0.182 e. The van der Waals surface area contributed by atoms with Crippen LogP contribution in [0.4, 0.5) is 20.3 Å². The van der Waals surface area contributed by atoms with Crippen molar-refractivity contribution >= 4 is 22.4 Å². The molecular weight excluding hydrogens is 536 g/mol. The van der Waals surface area contributed by atoms with Gasteiger partial charge in [-0.2, -0.15) is 5.10 Å². The maximum atomic E-state index is 15.0. The molecule has 5 aromatic rings. The lowest BCUT2D eigenvalue weighted by Crippen LogP contribution is -2.29. The van der Waals surface area contributed by atoms with Crippen molar-refractivity contribution in [3.8, 4) is 17.3 Å². The van der Waals surface area contributed by atoms with Crippen LogP contribution < -0.4 is 10.1 Å². The van der Waals surface area contributed by atoms with E-state index in [0.29, 0.717) is 24.0 Å². The number of aryl methyl sites for hydroxylation is 1. The van der Waals surface area contributed by atoms with E-state index in [1.165, 1.54) is 12.1 Å². The molecule has 0 atom stereocenters. The molecule has 216 valence electrons. The highest BCUT2D eigenvalue weighted by Crippen LogP contribution is 2.35. The summed E-state index contributed by atoms with van der Waals surface area (Å²) in [5.41, 5.74) is 4.02. The fourth-order valence-corrected chi connectivity index (χ4v) is 5.53. The first kappa shape index (κ1) is 27.7. The first-order valence-electron chi connectivity index (χ1n) is 14.2. The van der Waals surface area contributed by atoms with Crippen LogP contribution in [0.25, 0.3) is 22.4 Å². The highest BCUT2D eigenvalue weighted by Gasteiger charge is 2.25. The number of nitrogens with zero attached hydrogens (tertiary/aromatic N) is 6. The predicted octanol–water partition coefficient (Wildman–Crippen LogP) is 6.47. The van der Waals surface area contributed by atoms with Gasteiger partial charge in [-0.1, -0.05) is 18.2 Å². The normalized spacial score (nSPS) is 14.4. The minimum atomic E-state index is -0.683. The van der Waals surface area contributed by atoms with Gasteiger partial charge in [0.1, 0.15) is 28.9 Å². The summed E-state index contributed by atoms with van der Waals surface area (Å²) in [4.78, 5) is 16.4. The molecule has 1 aliphatic rings. The van der Waals surface area contributed by atoms with Gasteiger partial charge in [-0.3, -0.25) is 9.67 Å². The first-order valence-corrected chi connectivity index (χ1v) is 14.2. The molecule has 0 saturated carbocycles. The smallest absolute Gasteiger partial charge is 0.182 e. The van der Waals surface area contributed by atoms with E-state index in [4.69, 9.17) is 19.8 Å². The summed E-state index contributed by atoms with van der Waals surface area (Å²) >= 11 is 0. The lowest BCUT2D eigenvalue weighted by Gasteiger charge is -2.30. The summed E-state index contributed by atoms with van der Waals surface area (Å²) in [5, 5.41) is 9.09. The van der Waals surface area contributed by atoms with Crippen molar-refractivity contribution in [3.63, 3.8) is 0 Å². The van der Waals surface area contributed by atoms with Crippen LogP contribution in [0.15, 0.2) is 60.9 Å². The van der Waals surface area contributed by atoms with Crippen LogP contribution in [-0.4, -0.2) is 56.4 Å². The van der Waals surface area contributed by atoms with Gasteiger partial charge in [0.05, 0.1) is 18.7 Å². The number of pyridine rings is 1. The number of para-hydroxylation sites is 1. The average molecular weight is 570 g/mol. The summed E-state index contributed by atoms with van der Waals surface area (Å²) < 4.78 is 36.9. The van der Waals surface area contributed by atoms with Crippen LogP contribution in [0.1, 0.15) is 42.5 Å². The molecular formula is C32H33F2N7O. The molecule has 8 nitrogen and oxygen atoms in total.